The van der Waals surface area contributed by atoms with Crippen molar-refractivity contribution in [2.75, 3.05) is 18.6 Å². The highest BCUT2D eigenvalue weighted by Gasteiger charge is 2.33. The molecular weight excluding hydrogens is 534 g/mol. The molecule has 0 bridgehead atoms. The van der Waals surface area contributed by atoms with Gasteiger partial charge in [-0.3, -0.25) is 9.69 Å². The Balaban J connectivity index is 1.50. The molecule has 3 aromatic carbocycles. The van der Waals surface area contributed by atoms with Crippen LogP contribution in [0, 0.1) is 0 Å². The lowest BCUT2D eigenvalue weighted by atomic mass is 10.1. The molecule has 8 heteroatoms. The van der Waals surface area contributed by atoms with Gasteiger partial charge in [-0.05, 0) is 72.7 Å². The number of thioether (sulfide) groups is 1. The molecule has 0 atom stereocenters. The first-order chi connectivity index (χ1) is 16.5. The van der Waals surface area contributed by atoms with E-state index in [1.807, 2.05) is 79.7 Å². The molecule has 1 heterocycles. The van der Waals surface area contributed by atoms with Gasteiger partial charge in [-0.2, -0.15) is 0 Å². The van der Waals surface area contributed by atoms with Crippen LogP contribution in [-0.2, 0) is 11.4 Å². The normalized spacial score (nSPS) is 14.6. The van der Waals surface area contributed by atoms with Gasteiger partial charge in [0.25, 0.3) is 5.91 Å². The lowest BCUT2D eigenvalue weighted by Crippen LogP contribution is -2.27. The van der Waals surface area contributed by atoms with E-state index in [-0.39, 0.29) is 5.91 Å². The standard InChI is InChI=1S/C26H22BrNO4S2/c1-3-31-21-11-9-20(10-12-21)28-25(29)24(34-26(28)33)15-18-6-13-22(23(14-18)30-2)32-16-17-4-7-19(27)8-5-17/h4-15H,3,16H2,1-2H3/b24-15-. The first kappa shape index (κ1) is 24.3. The maximum absolute atomic E-state index is 13.1. The first-order valence-corrected chi connectivity index (χ1v) is 12.6. The Morgan fingerprint density at radius 1 is 1.00 bits per heavy atom. The number of carbonyl (C=O) groups is 1. The van der Waals surface area contributed by atoms with Crippen LogP contribution in [0.2, 0.25) is 0 Å². The van der Waals surface area contributed by atoms with Crippen molar-refractivity contribution in [3.63, 3.8) is 0 Å². The minimum Gasteiger partial charge on any atom is -0.494 e. The van der Waals surface area contributed by atoms with Crippen LogP contribution in [0.25, 0.3) is 6.08 Å². The third-order valence-electron chi connectivity index (χ3n) is 4.99. The Hall–Kier alpha value is -2.81. The van der Waals surface area contributed by atoms with E-state index in [9.17, 15) is 4.79 Å². The summed E-state index contributed by atoms with van der Waals surface area (Å²) in [6.07, 6.45) is 1.81. The predicted octanol–water partition coefficient (Wildman–Crippen LogP) is 6.84. The van der Waals surface area contributed by atoms with E-state index in [2.05, 4.69) is 15.9 Å². The van der Waals surface area contributed by atoms with Crippen molar-refractivity contribution < 1.29 is 19.0 Å². The molecule has 4 rings (SSSR count). The molecule has 3 aromatic rings. The minimum atomic E-state index is -0.159. The molecule has 1 amide bonds. The molecule has 1 aliphatic rings. The minimum absolute atomic E-state index is 0.159. The SMILES string of the molecule is CCOc1ccc(N2C(=O)/C(=C/c3ccc(OCc4ccc(Br)cc4)c(OC)c3)SC2=S)cc1. The van der Waals surface area contributed by atoms with Crippen LogP contribution < -0.4 is 19.1 Å². The van der Waals surface area contributed by atoms with Crippen LogP contribution in [0.3, 0.4) is 0 Å². The highest BCUT2D eigenvalue weighted by atomic mass is 79.9. The summed E-state index contributed by atoms with van der Waals surface area (Å²) in [5.74, 6) is 1.81. The van der Waals surface area contributed by atoms with Gasteiger partial charge < -0.3 is 14.2 Å². The molecular formula is C26H22BrNO4S2. The van der Waals surface area contributed by atoms with Crippen LogP contribution in [0.15, 0.2) is 76.1 Å². The molecule has 5 nitrogen and oxygen atoms in total. The third-order valence-corrected chi connectivity index (χ3v) is 6.82. The van der Waals surface area contributed by atoms with Crippen molar-refractivity contribution in [1.82, 2.24) is 0 Å². The quantitative estimate of drug-likeness (QED) is 0.224. The number of nitrogens with zero attached hydrogens (tertiary/aromatic N) is 1. The fraction of sp³-hybridized carbons (Fsp3) is 0.154. The number of anilines is 1. The van der Waals surface area contributed by atoms with Crippen molar-refractivity contribution in [1.29, 1.82) is 0 Å². The van der Waals surface area contributed by atoms with Gasteiger partial charge in [0.05, 0.1) is 24.3 Å². The number of carbonyl (C=O) groups excluding carboxylic acids is 1. The zero-order chi connectivity index (χ0) is 24.1. The molecule has 1 aliphatic heterocycles. The summed E-state index contributed by atoms with van der Waals surface area (Å²) in [6, 6.07) is 20.9. The third kappa shape index (κ3) is 5.63. The molecule has 0 spiro atoms. The molecule has 0 unspecified atom stereocenters. The molecule has 0 saturated carbocycles. The van der Waals surface area contributed by atoms with Crippen LogP contribution in [0.5, 0.6) is 17.2 Å². The molecule has 174 valence electrons. The zero-order valence-electron chi connectivity index (χ0n) is 18.6. The van der Waals surface area contributed by atoms with Crippen LogP contribution >= 0.6 is 39.9 Å². The van der Waals surface area contributed by atoms with Gasteiger partial charge in [0.1, 0.15) is 12.4 Å². The number of benzene rings is 3. The van der Waals surface area contributed by atoms with Crippen molar-refractivity contribution >= 4 is 61.9 Å². The summed E-state index contributed by atoms with van der Waals surface area (Å²) in [4.78, 5) is 15.2. The number of halogens is 1. The largest absolute Gasteiger partial charge is 0.494 e. The topological polar surface area (TPSA) is 48.0 Å². The predicted molar refractivity (Wildman–Crippen MR) is 145 cm³/mol. The summed E-state index contributed by atoms with van der Waals surface area (Å²) in [7, 11) is 1.59. The lowest BCUT2D eigenvalue weighted by Gasteiger charge is -2.15. The Bertz CT molecular complexity index is 1230. The molecule has 34 heavy (non-hydrogen) atoms. The Morgan fingerprint density at radius 2 is 1.74 bits per heavy atom. The van der Waals surface area contributed by atoms with E-state index in [1.165, 1.54) is 16.7 Å². The van der Waals surface area contributed by atoms with Gasteiger partial charge in [0.2, 0.25) is 0 Å². The fourth-order valence-corrected chi connectivity index (χ4v) is 4.90. The van der Waals surface area contributed by atoms with Gasteiger partial charge in [-0.1, -0.05) is 58.1 Å². The van der Waals surface area contributed by atoms with Gasteiger partial charge in [-0.25, -0.2) is 0 Å². The first-order valence-electron chi connectivity index (χ1n) is 10.5. The molecule has 0 aromatic heterocycles. The highest BCUT2D eigenvalue weighted by Crippen LogP contribution is 2.37. The van der Waals surface area contributed by atoms with Crippen molar-refractivity contribution in [3.05, 3.63) is 87.2 Å². The van der Waals surface area contributed by atoms with Gasteiger partial charge in [0, 0.05) is 4.47 Å². The second-order valence-corrected chi connectivity index (χ2v) is 9.86. The molecule has 0 radical (unpaired) electrons. The number of hydrogen-bond donors (Lipinski definition) is 0. The molecule has 0 aliphatic carbocycles. The number of ether oxygens (including phenoxy) is 3. The van der Waals surface area contributed by atoms with Crippen LogP contribution in [-0.4, -0.2) is 23.9 Å². The Morgan fingerprint density at radius 3 is 2.41 bits per heavy atom. The van der Waals surface area contributed by atoms with Gasteiger partial charge >= 0.3 is 0 Å². The average molecular weight is 557 g/mol. The van der Waals surface area contributed by atoms with Gasteiger partial charge in [-0.15, -0.1) is 0 Å². The summed E-state index contributed by atoms with van der Waals surface area (Å²) in [6.45, 7) is 2.93. The highest BCUT2D eigenvalue weighted by molar-refractivity contribution is 9.10. The van der Waals surface area contributed by atoms with E-state index in [0.717, 1.165) is 21.3 Å². The molecule has 0 N–H and O–H groups in total. The molecule has 1 saturated heterocycles. The van der Waals surface area contributed by atoms with E-state index in [4.69, 9.17) is 26.4 Å². The molecule has 1 fully saturated rings. The Labute approximate surface area is 216 Å². The van der Waals surface area contributed by atoms with E-state index < -0.39 is 0 Å². The zero-order valence-corrected chi connectivity index (χ0v) is 21.8. The van der Waals surface area contributed by atoms with E-state index in [1.54, 1.807) is 7.11 Å². The van der Waals surface area contributed by atoms with Crippen LogP contribution in [0.1, 0.15) is 18.1 Å². The number of amides is 1. The van der Waals surface area contributed by atoms with Crippen molar-refractivity contribution in [3.8, 4) is 17.2 Å². The van der Waals surface area contributed by atoms with Crippen molar-refractivity contribution in [2.45, 2.75) is 13.5 Å². The lowest BCUT2D eigenvalue weighted by molar-refractivity contribution is -0.113. The fourth-order valence-electron chi connectivity index (χ4n) is 3.33. The van der Waals surface area contributed by atoms with Gasteiger partial charge in [0.15, 0.2) is 15.8 Å². The Kier molecular flexibility index (Phi) is 7.92. The maximum Gasteiger partial charge on any atom is 0.270 e. The summed E-state index contributed by atoms with van der Waals surface area (Å²) in [5, 5.41) is 0. The van der Waals surface area contributed by atoms with Crippen molar-refractivity contribution in [2.24, 2.45) is 0 Å². The maximum atomic E-state index is 13.1. The van der Waals surface area contributed by atoms with E-state index >= 15 is 0 Å². The average Bonchev–Trinajstić information content (AvgIpc) is 3.12. The van der Waals surface area contributed by atoms with Crippen LogP contribution in [0.4, 0.5) is 5.69 Å². The summed E-state index contributed by atoms with van der Waals surface area (Å²) in [5.41, 5.74) is 2.58. The number of thiocarbonyl (C=S) groups is 1. The monoisotopic (exact) mass is 555 g/mol. The second-order valence-electron chi connectivity index (χ2n) is 7.27. The second kappa shape index (κ2) is 11.1. The smallest absolute Gasteiger partial charge is 0.270 e. The van der Waals surface area contributed by atoms with E-state index in [0.29, 0.717) is 39.6 Å². The number of rotatable bonds is 8. The number of hydrogen-bond acceptors (Lipinski definition) is 6. The number of methoxy groups -OCH3 is 1. The summed E-state index contributed by atoms with van der Waals surface area (Å²) >= 11 is 10.2. The summed E-state index contributed by atoms with van der Waals surface area (Å²) < 4.78 is 18.5.